The van der Waals surface area contributed by atoms with E-state index in [0.717, 1.165) is 32.1 Å². The molecule has 6 nitrogen and oxygen atoms in total. The summed E-state index contributed by atoms with van der Waals surface area (Å²) >= 11 is 0. The molecule has 0 aliphatic carbocycles. The SMILES string of the molecule is Cl.Cl.O=C(/C=C/c1cnc(N[C@@H]2CCN(Cc3ccccc3)C2)c(F)c1)NO. The molecule has 1 aliphatic rings. The fourth-order valence-electron chi connectivity index (χ4n) is 2.99. The summed E-state index contributed by atoms with van der Waals surface area (Å²) in [5.41, 5.74) is 3.18. The number of anilines is 1. The first-order valence-corrected chi connectivity index (χ1v) is 8.44. The quantitative estimate of drug-likeness (QED) is 0.373. The van der Waals surface area contributed by atoms with Crippen LogP contribution in [0.1, 0.15) is 17.5 Å². The van der Waals surface area contributed by atoms with E-state index in [1.54, 1.807) is 0 Å². The Morgan fingerprint density at radius 3 is 2.75 bits per heavy atom. The smallest absolute Gasteiger partial charge is 0.267 e. The maximum Gasteiger partial charge on any atom is 0.267 e. The van der Waals surface area contributed by atoms with Gasteiger partial charge in [-0.1, -0.05) is 30.3 Å². The molecule has 2 aromatic rings. The lowest BCUT2D eigenvalue weighted by Gasteiger charge is -2.17. The monoisotopic (exact) mass is 428 g/mol. The molecule has 152 valence electrons. The van der Waals surface area contributed by atoms with Crippen molar-refractivity contribution in [1.29, 1.82) is 0 Å². The summed E-state index contributed by atoms with van der Waals surface area (Å²) in [6, 6.07) is 11.7. The van der Waals surface area contributed by atoms with Crippen LogP contribution in [0.2, 0.25) is 0 Å². The van der Waals surface area contributed by atoms with Crippen LogP contribution in [0.25, 0.3) is 6.08 Å². The average molecular weight is 429 g/mol. The number of hydrogen-bond donors (Lipinski definition) is 3. The second-order valence-corrected chi connectivity index (χ2v) is 6.26. The van der Waals surface area contributed by atoms with Crippen LogP contribution >= 0.6 is 24.8 Å². The maximum atomic E-state index is 14.2. The Kier molecular flexibility index (Phi) is 9.89. The number of hydroxylamine groups is 1. The Bertz CT molecular complexity index is 793. The Morgan fingerprint density at radius 1 is 1.32 bits per heavy atom. The van der Waals surface area contributed by atoms with Gasteiger partial charge in [0.25, 0.3) is 5.91 Å². The number of carbonyl (C=O) groups excluding carboxylic acids is 1. The third-order valence-corrected chi connectivity index (χ3v) is 4.26. The molecule has 1 aromatic heterocycles. The predicted octanol–water partition coefficient (Wildman–Crippen LogP) is 3.27. The first-order valence-electron chi connectivity index (χ1n) is 8.44. The van der Waals surface area contributed by atoms with Crippen molar-refractivity contribution in [3.8, 4) is 0 Å². The van der Waals surface area contributed by atoms with E-state index in [4.69, 9.17) is 5.21 Å². The van der Waals surface area contributed by atoms with Gasteiger partial charge >= 0.3 is 0 Å². The van der Waals surface area contributed by atoms with Gasteiger partial charge in [0.05, 0.1) is 0 Å². The number of carbonyl (C=O) groups is 1. The standard InChI is InChI=1S/C19H21FN4O2.2ClH/c20-17-10-15(6-7-18(25)23-26)11-21-19(17)22-16-8-9-24(13-16)12-14-4-2-1-3-5-14;;/h1-7,10-11,16,26H,8-9,12-13H2,(H,21,22)(H,23,25);2*1H/b7-6+;;/t16-;;/m1../s1. The Balaban J connectivity index is 0.00000196. The van der Waals surface area contributed by atoms with E-state index < -0.39 is 11.7 Å². The lowest BCUT2D eigenvalue weighted by atomic mass is 10.2. The Labute approximate surface area is 175 Å². The molecule has 1 aliphatic heterocycles. The molecule has 3 rings (SSSR count). The van der Waals surface area contributed by atoms with E-state index in [2.05, 4.69) is 27.3 Å². The lowest BCUT2D eigenvalue weighted by Crippen LogP contribution is -2.26. The first kappa shape index (κ1) is 23.8. The molecule has 1 fully saturated rings. The fraction of sp³-hybridized carbons (Fsp3) is 0.263. The molecule has 2 heterocycles. The molecule has 0 saturated carbocycles. The van der Waals surface area contributed by atoms with Gasteiger partial charge in [-0.15, -0.1) is 24.8 Å². The van der Waals surface area contributed by atoms with Gasteiger partial charge in [0.1, 0.15) is 0 Å². The highest BCUT2D eigenvalue weighted by atomic mass is 35.5. The van der Waals surface area contributed by atoms with Crippen LogP contribution in [-0.2, 0) is 11.3 Å². The highest BCUT2D eigenvalue weighted by Crippen LogP contribution is 2.19. The van der Waals surface area contributed by atoms with E-state index in [-0.39, 0.29) is 36.7 Å². The highest BCUT2D eigenvalue weighted by molar-refractivity contribution is 5.90. The van der Waals surface area contributed by atoms with Gasteiger partial charge in [-0.2, -0.15) is 0 Å². The number of aromatic nitrogens is 1. The number of likely N-dealkylation sites (tertiary alicyclic amines) is 1. The van der Waals surface area contributed by atoms with Crippen molar-refractivity contribution in [3.63, 3.8) is 0 Å². The average Bonchev–Trinajstić information content (AvgIpc) is 3.09. The van der Waals surface area contributed by atoms with Crippen LogP contribution in [0.3, 0.4) is 0 Å². The van der Waals surface area contributed by atoms with Crippen LogP contribution in [0.15, 0.2) is 48.7 Å². The van der Waals surface area contributed by atoms with Crippen molar-refractivity contribution in [3.05, 3.63) is 65.6 Å². The summed E-state index contributed by atoms with van der Waals surface area (Å²) in [6.45, 7) is 2.66. The van der Waals surface area contributed by atoms with E-state index in [9.17, 15) is 9.18 Å². The van der Waals surface area contributed by atoms with Crippen LogP contribution in [0, 0.1) is 5.82 Å². The minimum absolute atomic E-state index is 0. The lowest BCUT2D eigenvalue weighted by molar-refractivity contribution is -0.124. The van der Waals surface area contributed by atoms with Crippen LogP contribution in [0.5, 0.6) is 0 Å². The number of pyridine rings is 1. The van der Waals surface area contributed by atoms with Crippen molar-refractivity contribution in [2.75, 3.05) is 18.4 Å². The van der Waals surface area contributed by atoms with Gasteiger partial charge < -0.3 is 5.32 Å². The second kappa shape index (κ2) is 11.6. The number of halogens is 3. The van der Waals surface area contributed by atoms with Crippen molar-refractivity contribution >= 4 is 42.6 Å². The van der Waals surface area contributed by atoms with Crippen LogP contribution < -0.4 is 10.8 Å². The summed E-state index contributed by atoms with van der Waals surface area (Å²) in [7, 11) is 0. The molecular weight excluding hydrogens is 406 g/mol. The second-order valence-electron chi connectivity index (χ2n) is 6.26. The molecule has 0 radical (unpaired) electrons. The zero-order valence-corrected chi connectivity index (χ0v) is 16.7. The fourth-order valence-corrected chi connectivity index (χ4v) is 2.99. The third kappa shape index (κ3) is 6.76. The van der Waals surface area contributed by atoms with E-state index in [0.29, 0.717) is 5.56 Å². The molecule has 1 aromatic carbocycles. The molecule has 0 bridgehead atoms. The van der Waals surface area contributed by atoms with Crippen molar-refractivity contribution < 1.29 is 14.4 Å². The van der Waals surface area contributed by atoms with Gasteiger partial charge in [0, 0.05) is 37.9 Å². The third-order valence-electron chi connectivity index (χ3n) is 4.26. The van der Waals surface area contributed by atoms with Crippen LogP contribution in [-0.4, -0.2) is 40.1 Å². The molecule has 3 N–H and O–H groups in total. The Hall–Kier alpha value is -2.19. The minimum atomic E-state index is -0.683. The molecule has 9 heteroatoms. The predicted molar refractivity (Wildman–Crippen MR) is 111 cm³/mol. The highest BCUT2D eigenvalue weighted by Gasteiger charge is 2.23. The Morgan fingerprint density at radius 2 is 2.07 bits per heavy atom. The molecule has 28 heavy (non-hydrogen) atoms. The molecule has 1 saturated heterocycles. The number of benzene rings is 1. The number of rotatable bonds is 6. The summed E-state index contributed by atoms with van der Waals surface area (Å²) in [4.78, 5) is 17.4. The number of hydrogen-bond acceptors (Lipinski definition) is 5. The topological polar surface area (TPSA) is 77.5 Å². The molecule has 0 spiro atoms. The first-order chi connectivity index (χ1) is 12.6. The van der Waals surface area contributed by atoms with Gasteiger partial charge in [0.15, 0.2) is 11.6 Å². The largest absolute Gasteiger partial charge is 0.364 e. The van der Waals surface area contributed by atoms with Gasteiger partial charge in [-0.3, -0.25) is 14.9 Å². The van der Waals surface area contributed by atoms with Gasteiger partial charge in [-0.25, -0.2) is 14.9 Å². The minimum Gasteiger partial charge on any atom is -0.364 e. The summed E-state index contributed by atoms with van der Waals surface area (Å²) in [6.07, 6.45) is 4.88. The van der Waals surface area contributed by atoms with Crippen molar-refractivity contribution in [2.24, 2.45) is 0 Å². The number of nitrogens with one attached hydrogen (secondary N) is 2. The zero-order valence-electron chi connectivity index (χ0n) is 15.0. The van der Waals surface area contributed by atoms with E-state index in [1.165, 1.54) is 29.4 Å². The van der Waals surface area contributed by atoms with Gasteiger partial charge in [0.2, 0.25) is 0 Å². The van der Waals surface area contributed by atoms with Gasteiger partial charge in [-0.05, 0) is 29.7 Å². The normalized spacial score (nSPS) is 16.3. The molecular formula is C19H23Cl2FN4O2. The number of amides is 1. The summed E-state index contributed by atoms with van der Waals surface area (Å²) in [5.74, 6) is -0.949. The van der Waals surface area contributed by atoms with Crippen molar-refractivity contribution in [1.82, 2.24) is 15.4 Å². The summed E-state index contributed by atoms with van der Waals surface area (Å²) in [5, 5.41) is 11.6. The number of nitrogens with zero attached hydrogens (tertiary/aromatic N) is 2. The maximum absolute atomic E-state index is 14.2. The molecule has 1 amide bonds. The van der Waals surface area contributed by atoms with E-state index >= 15 is 0 Å². The van der Waals surface area contributed by atoms with Crippen LogP contribution in [0.4, 0.5) is 10.2 Å². The van der Waals surface area contributed by atoms with Crippen molar-refractivity contribution in [2.45, 2.75) is 19.0 Å². The molecule has 1 atom stereocenters. The zero-order chi connectivity index (χ0) is 18.4. The molecule has 0 unspecified atom stereocenters. The van der Waals surface area contributed by atoms with E-state index in [1.807, 2.05) is 18.2 Å². The summed E-state index contributed by atoms with van der Waals surface area (Å²) < 4.78 is 14.2.